The summed E-state index contributed by atoms with van der Waals surface area (Å²) in [5, 5.41) is 11.0. The number of nitrogens with zero attached hydrogens (tertiary/aromatic N) is 3. The van der Waals surface area contributed by atoms with E-state index in [0.717, 1.165) is 5.75 Å². The van der Waals surface area contributed by atoms with Crippen LogP contribution in [0.3, 0.4) is 0 Å². The zero-order valence-corrected chi connectivity index (χ0v) is 14.4. The van der Waals surface area contributed by atoms with Crippen LogP contribution in [0.25, 0.3) is 11.1 Å². The molecule has 0 unspecified atom stereocenters. The van der Waals surface area contributed by atoms with Gasteiger partial charge in [0, 0.05) is 30.2 Å². The van der Waals surface area contributed by atoms with Crippen molar-refractivity contribution < 1.29 is 18.9 Å². The second kappa shape index (κ2) is 7.28. The molecule has 1 aromatic carbocycles. The lowest BCUT2D eigenvalue weighted by Crippen LogP contribution is -2.49. The number of carbonyl (C=O) groups excluding carboxylic acids is 1. The van der Waals surface area contributed by atoms with E-state index in [-0.39, 0.29) is 30.5 Å². The van der Waals surface area contributed by atoms with Gasteiger partial charge in [0.15, 0.2) is 5.58 Å². The molecule has 0 aliphatic carbocycles. The van der Waals surface area contributed by atoms with Crippen molar-refractivity contribution in [3.63, 3.8) is 0 Å². The van der Waals surface area contributed by atoms with Crippen molar-refractivity contribution in [2.45, 2.75) is 19.6 Å². The molecule has 0 spiro atoms. The van der Waals surface area contributed by atoms with E-state index >= 15 is 0 Å². The number of hydrogen-bond donors (Lipinski definition) is 0. The summed E-state index contributed by atoms with van der Waals surface area (Å²) in [6, 6.07) is 3.53. The standard InChI is InChI=1S/C15H17N3O6S/c1-2-23-14(19)12-8-25-6-5-16(12)9-17-11-7-10(18(21)22)3-4-13(11)24-15(17)20/h3-4,7,12H,2,5-6,8-9H2,1H3/t12-/m0/s1. The highest BCUT2D eigenvalue weighted by Gasteiger charge is 2.31. The van der Waals surface area contributed by atoms with Crippen LogP contribution in [-0.2, 0) is 16.2 Å². The fraction of sp³-hybridized carbons (Fsp3) is 0.467. The zero-order valence-electron chi connectivity index (χ0n) is 13.5. The van der Waals surface area contributed by atoms with Crippen LogP contribution < -0.4 is 5.76 Å². The number of nitro groups is 1. The maximum absolute atomic E-state index is 12.2. The Bertz CT molecular complexity index is 861. The Morgan fingerprint density at radius 3 is 3.04 bits per heavy atom. The monoisotopic (exact) mass is 367 g/mol. The average molecular weight is 367 g/mol. The SMILES string of the molecule is CCOC(=O)[C@@H]1CSCCN1Cn1c(=O)oc2ccc([N+](=O)[O-])cc21. The highest BCUT2D eigenvalue weighted by molar-refractivity contribution is 7.99. The summed E-state index contributed by atoms with van der Waals surface area (Å²) in [6.07, 6.45) is 0. The van der Waals surface area contributed by atoms with Gasteiger partial charge in [-0.3, -0.25) is 24.4 Å². The molecule has 2 aromatic rings. The molecule has 1 aliphatic heterocycles. The van der Waals surface area contributed by atoms with Crippen molar-refractivity contribution in [2.24, 2.45) is 0 Å². The van der Waals surface area contributed by atoms with Gasteiger partial charge in [0.25, 0.3) is 5.69 Å². The van der Waals surface area contributed by atoms with Crippen molar-refractivity contribution in [3.05, 3.63) is 38.9 Å². The van der Waals surface area contributed by atoms with E-state index in [0.29, 0.717) is 17.8 Å². The third-order valence-electron chi connectivity index (χ3n) is 3.98. The summed E-state index contributed by atoms with van der Waals surface area (Å²) < 4.78 is 11.6. The lowest BCUT2D eigenvalue weighted by Gasteiger charge is -2.33. The molecule has 3 rings (SSSR count). The van der Waals surface area contributed by atoms with Crippen LogP contribution in [0.1, 0.15) is 6.92 Å². The van der Waals surface area contributed by atoms with Gasteiger partial charge >= 0.3 is 11.7 Å². The van der Waals surface area contributed by atoms with Gasteiger partial charge in [-0.05, 0) is 13.0 Å². The van der Waals surface area contributed by atoms with Gasteiger partial charge in [-0.15, -0.1) is 0 Å². The topological polar surface area (TPSA) is 108 Å². The van der Waals surface area contributed by atoms with Crippen molar-refractivity contribution in [1.29, 1.82) is 0 Å². The van der Waals surface area contributed by atoms with Crippen LogP contribution in [0, 0.1) is 10.1 Å². The Morgan fingerprint density at radius 2 is 2.32 bits per heavy atom. The highest BCUT2D eigenvalue weighted by Crippen LogP contribution is 2.23. The summed E-state index contributed by atoms with van der Waals surface area (Å²) >= 11 is 1.65. The Hall–Kier alpha value is -2.33. The Balaban J connectivity index is 1.94. The van der Waals surface area contributed by atoms with Crippen LogP contribution in [0.5, 0.6) is 0 Å². The largest absolute Gasteiger partial charge is 0.465 e. The number of carbonyl (C=O) groups is 1. The number of fused-ring (bicyclic) bond motifs is 1. The summed E-state index contributed by atoms with van der Waals surface area (Å²) in [6.45, 7) is 2.74. The zero-order chi connectivity index (χ0) is 18.0. The summed E-state index contributed by atoms with van der Waals surface area (Å²) in [7, 11) is 0. The molecule has 0 amide bonds. The number of benzene rings is 1. The molecule has 1 atom stereocenters. The highest BCUT2D eigenvalue weighted by atomic mass is 32.2. The number of nitro benzene ring substituents is 1. The number of oxazole rings is 1. The van der Waals surface area contributed by atoms with Crippen molar-refractivity contribution >= 4 is 34.5 Å². The third kappa shape index (κ3) is 3.54. The molecule has 1 aliphatic rings. The predicted molar refractivity (Wildman–Crippen MR) is 91.6 cm³/mol. The maximum Gasteiger partial charge on any atom is 0.421 e. The van der Waals surface area contributed by atoms with E-state index in [1.807, 2.05) is 4.90 Å². The molecule has 10 heteroatoms. The number of thioether (sulfide) groups is 1. The molecule has 0 radical (unpaired) electrons. The van der Waals surface area contributed by atoms with Crippen LogP contribution in [0.4, 0.5) is 5.69 Å². The number of esters is 1. The molecule has 1 saturated heterocycles. The van der Waals surface area contributed by atoms with Crippen LogP contribution in [0.2, 0.25) is 0 Å². The van der Waals surface area contributed by atoms with Gasteiger partial charge in [-0.25, -0.2) is 4.79 Å². The summed E-state index contributed by atoms with van der Waals surface area (Å²) in [5.41, 5.74) is 0.480. The Kier molecular flexibility index (Phi) is 5.09. The number of rotatable bonds is 5. The molecule has 25 heavy (non-hydrogen) atoms. The van der Waals surface area contributed by atoms with Crippen molar-refractivity contribution in [1.82, 2.24) is 9.47 Å². The van der Waals surface area contributed by atoms with Gasteiger partial charge in [0.1, 0.15) is 6.04 Å². The first-order chi connectivity index (χ1) is 12.0. The second-order valence-corrected chi connectivity index (χ2v) is 6.65. The minimum Gasteiger partial charge on any atom is -0.465 e. The molecule has 9 nitrogen and oxygen atoms in total. The molecule has 1 aromatic heterocycles. The summed E-state index contributed by atoms with van der Waals surface area (Å²) in [4.78, 5) is 36.6. The van der Waals surface area contributed by atoms with Crippen LogP contribution in [0.15, 0.2) is 27.4 Å². The van der Waals surface area contributed by atoms with Crippen LogP contribution >= 0.6 is 11.8 Å². The molecule has 0 N–H and O–H groups in total. The lowest BCUT2D eigenvalue weighted by atomic mass is 10.2. The maximum atomic E-state index is 12.2. The van der Waals surface area contributed by atoms with Gasteiger partial charge in [-0.2, -0.15) is 11.8 Å². The van der Waals surface area contributed by atoms with Gasteiger partial charge in [-0.1, -0.05) is 0 Å². The number of aromatic nitrogens is 1. The van der Waals surface area contributed by atoms with E-state index in [9.17, 15) is 19.7 Å². The van der Waals surface area contributed by atoms with E-state index in [4.69, 9.17) is 9.15 Å². The minimum atomic E-state index is -0.615. The fourth-order valence-corrected chi connectivity index (χ4v) is 3.84. The first kappa shape index (κ1) is 17.5. The lowest BCUT2D eigenvalue weighted by molar-refractivity contribution is -0.384. The van der Waals surface area contributed by atoms with Gasteiger partial charge in [0.2, 0.25) is 0 Å². The predicted octanol–water partition coefficient (Wildman–Crippen LogP) is 1.44. The number of hydrogen-bond acceptors (Lipinski definition) is 8. The van der Waals surface area contributed by atoms with E-state index in [2.05, 4.69) is 0 Å². The Morgan fingerprint density at radius 1 is 1.52 bits per heavy atom. The van der Waals surface area contributed by atoms with E-state index < -0.39 is 16.7 Å². The molecular formula is C15H17N3O6S. The summed E-state index contributed by atoms with van der Waals surface area (Å²) in [5.74, 6) is 0.447. The van der Waals surface area contributed by atoms with Crippen molar-refractivity contribution in [3.8, 4) is 0 Å². The molecule has 0 bridgehead atoms. The quantitative estimate of drug-likeness (QED) is 0.444. The van der Waals surface area contributed by atoms with E-state index in [1.165, 1.54) is 22.8 Å². The fourth-order valence-electron chi connectivity index (χ4n) is 2.74. The molecule has 134 valence electrons. The molecule has 0 saturated carbocycles. The third-order valence-corrected chi connectivity index (χ3v) is 5.01. The first-order valence-electron chi connectivity index (χ1n) is 7.77. The van der Waals surface area contributed by atoms with Crippen LogP contribution in [-0.4, -0.2) is 51.1 Å². The van der Waals surface area contributed by atoms with Gasteiger partial charge in [0.05, 0.1) is 23.7 Å². The molecule has 2 heterocycles. The average Bonchev–Trinajstić information content (AvgIpc) is 2.90. The first-order valence-corrected chi connectivity index (χ1v) is 8.93. The van der Waals surface area contributed by atoms with Crippen molar-refractivity contribution in [2.75, 3.05) is 24.7 Å². The normalized spacial score (nSPS) is 18.4. The number of non-ortho nitro benzene ring substituents is 1. The minimum absolute atomic E-state index is 0.108. The molecular weight excluding hydrogens is 350 g/mol. The Labute approximate surface area is 146 Å². The smallest absolute Gasteiger partial charge is 0.421 e. The second-order valence-electron chi connectivity index (χ2n) is 5.50. The molecule has 1 fully saturated rings. The van der Waals surface area contributed by atoms with E-state index in [1.54, 1.807) is 18.7 Å². The number of ether oxygens (including phenoxy) is 1. The van der Waals surface area contributed by atoms with Gasteiger partial charge < -0.3 is 9.15 Å².